The number of likely N-dealkylation sites (tertiary alicyclic amines) is 1. The Morgan fingerprint density at radius 1 is 1.07 bits per heavy atom. The van der Waals surface area contributed by atoms with Crippen molar-refractivity contribution in [3.63, 3.8) is 0 Å². The van der Waals surface area contributed by atoms with Crippen LogP contribution in [0, 0.1) is 0 Å². The van der Waals surface area contributed by atoms with Crippen LogP contribution in [-0.4, -0.2) is 92.1 Å². The number of carbonyl (C=O) groups is 2. The minimum absolute atomic E-state index is 0.0288. The van der Waals surface area contributed by atoms with Gasteiger partial charge >= 0.3 is 12.3 Å². The number of nitrogens with zero attached hydrogens (tertiary/aromatic N) is 5. The van der Waals surface area contributed by atoms with Crippen molar-refractivity contribution in [2.75, 3.05) is 26.2 Å². The van der Waals surface area contributed by atoms with Gasteiger partial charge in [-0.2, -0.15) is 18.3 Å². The summed E-state index contributed by atoms with van der Waals surface area (Å²) in [4.78, 5) is 30.6. The van der Waals surface area contributed by atoms with Crippen LogP contribution in [0.15, 0.2) is 24.3 Å². The van der Waals surface area contributed by atoms with Crippen molar-refractivity contribution in [3.8, 4) is 11.3 Å². The molecular formula is C30H38F3N5O4. The summed E-state index contributed by atoms with van der Waals surface area (Å²) in [5.41, 5.74) is 2.05. The molecule has 1 aromatic carbocycles. The third kappa shape index (κ3) is 5.75. The first-order chi connectivity index (χ1) is 20.1. The van der Waals surface area contributed by atoms with Gasteiger partial charge in [-0.25, -0.2) is 4.79 Å². The molecule has 0 bridgehead atoms. The molecule has 12 heteroatoms. The highest BCUT2D eigenvalue weighted by atomic mass is 19.4. The molecule has 228 valence electrons. The minimum Gasteiger partial charge on any atom is -0.444 e. The number of fused-ring (bicyclic) bond motifs is 2. The van der Waals surface area contributed by atoms with Crippen LogP contribution in [0.1, 0.15) is 62.3 Å². The van der Waals surface area contributed by atoms with Crippen LogP contribution >= 0.6 is 0 Å². The maximum absolute atomic E-state index is 13.1. The summed E-state index contributed by atoms with van der Waals surface area (Å²) in [6.45, 7) is 4.57. The Bertz CT molecular complexity index is 1310. The van der Waals surface area contributed by atoms with Gasteiger partial charge in [0.25, 0.3) is 0 Å². The highest BCUT2D eigenvalue weighted by molar-refractivity contribution is 5.75. The van der Waals surface area contributed by atoms with Gasteiger partial charge in [0.15, 0.2) is 0 Å². The number of carbonyl (C=O) groups excluding carboxylic acids is 2. The van der Waals surface area contributed by atoms with Gasteiger partial charge in [-0.3, -0.25) is 14.4 Å². The van der Waals surface area contributed by atoms with Crippen LogP contribution < -0.4 is 0 Å². The number of aromatic nitrogens is 2. The summed E-state index contributed by atoms with van der Waals surface area (Å²) >= 11 is 0. The maximum atomic E-state index is 13.1. The quantitative estimate of drug-likeness (QED) is 0.547. The van der Waals surface area contributed by atoms with Gasteiger partial charge in [0, 0.05) is 68.9 Å². The normalized spacial score (nSPS) is 24.4. The third-order valence-corrected chi connectivity index (χ3v) is 9.36. The zero-order valence-electron chi connectivity index (χ0n) is 23.9. The average Bonchev–Trinajstić information content (AvgIpc) is 3.49. The number of aliphatic hydroxyl groups is 1. The molecule has 6 rings (SSSR count). The number of ether oxygens (including phenoxy) is 1. The molecule has 4 heterocycles. The number of halogens is 3. The number of hydrogen-bond donors (Lipinski definition) is 1. The van der Waals surface area contributed by atoms with Crippen LogP contribution in [0.25, 0.3) is 11.3 Å². The Morgan fingerprint density at radius 3 is 2.48 bits per heavy atom. The summed E-state index contributed by atoms with van der Waals surface area (Å²) in [6, 6.07) is 5.26. The van der Waals surface area contributed by atoms with Gasteiger partial charge in [0.2, 0.25) is 5.91 Å². The molecule has 1 saturated carbocycles. The molecule has 0 radical (unpaired) electrons. The number of alkyl halides is 3. The van der Waals surface area contributed by atoms with E-state index in [0.29, 0.717) is 37.3 Å². The first-order valence-electron chi connectivity index (χ1n) is 15.0. The van der Waals surface area contributed by atoms with Gasteiger partial charge in [0.1, 0.15) is 6.10 Å². The second-order valence-electron chi connectivity index (χ2n) is 12.1. The SMILES string of the molecule is CC(=O)N1CCc2c(c(-c3ccc(C(F)(F)F)cc3)nn2CC(O)CN2CCC(N3C(=O)OC4CCCCC43)CC2)C1. The molecule has 1 aromatic heterocycles. The number of piperidine rings is 1. The van der Waals surface area contributed by atoms with Crippen molar-refractivity contribution >= 4 is 12.0 Å². The second-order valence-corrected chi connectivity index (χ2v) is 12.1. The van der Waals surface area contributed by atoms with E-state index in [-0.39, 0.29) is 36.7 Å². The second kappa shape index (κ2) is 11.5. The van der Waals surface area contributed by atoms with Crippen LogP contribution in [-0.2, 0) is 35.2 Å². The lowest BCUT2D eigenvalue weighted by molar-refractivity contribution is -0.137. The molecule has 3 atom stereocenters. The highest BCUT2D eigenvalue weighted by Crippen LogP contribution is 2.36. The number of aliphatic hydroxyl groups excluding tert-OH is 1. The van der Waals surface area contributed by atoms with E-state index in [4.69, 9.17) is 9.84 Å². The lowest BCUT2D eigenvalue weighted by Gasteiger charge is -2.39. The Balaban J connectivity index is 1.12. The minimum atomic E-state index is -4.43. The zero-order chi connectivity index (χ0) is 29.6. The summed E-state index contributed by atoms with van der Waals surface area (Å²) < 4.78 is 46.8. The topological polar surface area (TPSA) is 91.1 Å². The largest absolute Gasteiger partial charge is 0.444 e. The van der Waals surface area contributed by atoms with Crippen molar-refractivity contribution in [2.24, 2.45) is 0 Å². The van der Waals surface area contributed by atoms with E-state index in [1.54, 1.807) is 9.58 Å². The lowest BCUT2D eigenvalue weighted by Crippen LogP contribution is -2.51. The lowest BCUT2D eigenvalue weighted by atomic mass is 9.90. The van der Waals surface area contributed by atoms with Crippen molar-refractivity contribution in [1.29, 1.82) is 0 Å². The Labute approximate surface area is 243 Å². The van der Waals surface area contributed by atoms with E-state index < -0.39 is 17.8 Å². The fourth-order valence-corrected chi connectivity index (χ4v) is 7.17. The Hall–Kier alpha value is -3.12. The monoisotopic (exact) mass is 589 g/mol. The van der Waals surface area contributed by atoms with Crippen LogP contribution in [0.5, 0.6) is 0 Å². The molecule has 3 aliphatic heterocycles. The molecule has 0 spiro atoms. The number of amides is 2. The highest BCUT2D eigenvalue weighted by Gasteiger charge is 2.46. The van der Waals surface area contributed by atoms with Gasteiger partial charge in [-0.05, 0) is 44.2 Å². The van der Waals surface area contributed by atoms with Crippen molar-refractivity contribution in [1.82, 2.24) is 24.5 Å². The molecule has 1 aliphatic carbocycles. The van der Waals surface area contributed by atoms with E-state index in [1.807, 2.05) is 4.90 Å². The average molecular weight is 590 g/mol. The molecule has 42 heavy (non-hydrogen) atoms. The Morgan fingerprint density at radius 2 is 1.79 bits per heavy atom. The first kappa shape index (κ1) is 29.0. The van der Waals surface area contributed by atoms with E-state index in [0.717, 1.165) is 75.0 Å². The predicted octanol–water partition coefficient (Wildman–Crippen LogP) is 4.06. The van der Waals surface area contributed by atoms with Gasteiger partial charge in [-0.1, -0.05) is 18.6 Å². The van der Waals surface area contributed by atoms with Crippen molar-refractivity contribution < 1.29 is 32.6 Å². The summed E-state index contributed by atoms with van der Waals surface area (Å²) in [5, 5.41) is 15.9. The predicted molar refractivity (Wildman–Crippen MR) is 147 cm³/mol. The summed E-state index contributed by atoms with van der Waals surface area (Å²) in [6.07, 6.45) is 1.11. The molecule has 3 fully saturated rings. The fraction of sp³-hybridized carbons (Fsp3) is 0.633. The zero-order valence-corrected chi connectivity index (χ0v) is 23.9. The Kier molecular flexibility index (Phi) is 7.95. The third-order valence-electron chi connectivity index (χ3n) is 9.36. The van der Waals surface area contributed by atoms with Crippen LogP contribution in [0.2, 0.25) is 0 Å². The van der Waals surface area contributed by atoms with Gasteiger partial charge in [-0.15, -0.1) is 0 Å². The molecule has 3 unspecified atom stereocenters. The van der Waals surface area contributed by atoms with E-state index in [2.05, 4.69) is 4.90 Å². The number of benzene rings is 1. The summed E-state index contributed by atoms with van der Waals surface area (Å²) in [7, 11) is 0. The van der Waals surface area contributed by atoms with Crippen molar-refractivity contribution in [3.05, 3.63) is 41.1 Å². The number of hydrogen-bond acceptors (Lipinski definition) is 6. The van der Waals surface area contributed by atoms with E-state index in [9.17, 15) is 27.9 Å². The van der Waals surface area contributed by atoms with Crippen LogP contribution in [0.3, 0.4) is 0 Å². The van der Waals surface area contributed by atoms with Crippen molar-refractivity contribution in [2.45, 2.75) is 95.4 Å². The maximum Gasteiger partial charge on any atom is 0.416 e. The summed E-state index contributed by atoms with van der Waals surface area (Å²) in [5.74, 6) is -0.0728. The molecule has 2 saturated heterocycles. The van der Waals surface area contributed by atoms with Crippen LogP contribution in [0.4, 0.5) is 18.0 Å². The standard InChI is InChI=1S/C30H38F3N5O4/c1-19(39)36-15-12-25-24(18-36)28(20-6-8-21(9-7-20)30(31,32)33)34-37(25)17-23(40)16-35-13-10-22(11-14-35)38-26-4-2-3-5-27(26)42-29(38)41/h6-9,22-23,26-27,40H,2-5,10-18H2,1H3. The molecule has 2 amide bonds. The van der Waals surface area contributed by atoms with Gasteiger partial charge in [0.05, 0.1) is 29.9 Å². The van der Waals surface area contributed by atoms with Gasteiger partial charge < -0.3 is 19.6 Å². The number of rotatable bonds is 6. The molecule has 1 N–H and O–H groups in total. The smallest absolute Gasteiger partial charge is 0.416 e. The van der Waals surface area contributed by atoms with E-state index in [1.165, 1.54) is 19.1 Å². The number of β-amino-alcohol motifs (C(OH)–C–C–N with tert-alkyl or cyclic N) is 1. The molecule has 2 aromatic rings. The first-order valence-corrected chi connectivity index (χ1v) is 15.0. The fourth-order valence-electron chi connectivity index (χ4n) is 7.17. The molecule has 9 nitrogen and oxygen atoms in total. The molecule has 4 aliphatic rings. The molecular weight excluding hydrogens is 551 g/mol. The van der Waals surface area contributed by atoms with E-state index >= 15 is 0 Å².